The molecule has 0 bridgehead atoms. The first-order valence-electron chi connectivity index (χ1n) is 20.7. The van der Waals surface area contributed by atoms with E-state index in [1.165, 1.54) is 70.6 Å². The molecule has 0 aromatic carbocycles. The van der Waals surface area contributed by atoms with E-state index in [0.717, 1.165) is 51.4 Å². The van der Waals surface area contributed by atoms with Crippen molar-refractivity contribution in [3.8, 4) is 0 Å². The average Bonchev–Trinajstić information content (AvgIpc) is 3.16. The van der Waals surface area contributed by atoms with Gasteiger partial charge < -0.3 is 24.6 Å². The Morgan fingerprint density at radius 2 is 0.907 bits per heavy atom. The van der Waals surface area contributed by atoms with Crippen LogP contribution in [0.4, 0.5) is 0 Å². The minimum atomic E-state index is -4.65. The fraction of sp³-hybridized carbons (Fsp3) is 0.721. The summed E-state index contributed by atoms with van der Waals surface area (Å²) in [6.07, 6.45) is 42.2. The van der Waals surface area contributed by atoms with Gasteiger partial charge in [0.1, 0.15) is 12.2 Å². The summed E-state index contributed by atoms with van der Waals surface area (Å²) >= 11 is 0. The fourth-order valence-corrected chi connectivity index (χ4v) is 6.08. The molecule has 3 N–H and O–H groups in total. The summed E-state index contributed by atoms with van der Waals surface area (Å²) in [5.41, 5.74) is 0. The van der Waals surface area contributed by atoms with Gasteiger partial charge in [-0.3, -0.25) is 18.6 Å². The van der Waals surface area contributed by atoms with Crippen molar-refractivity contribution < 1.29 is 47.8 Å². The molecule has 54 heavy (non-hydrogen) atoms. The molecular formula is C43H75O10P. The fourth-order valence-electron chi connectivity index (χ4n) is 5.30. The molecule has 0 aromatic rings. The second-order valence-corrected chi connectivity index (χ2v) is 15.0. The maximum atomic E-state index is 12.3. The lowest BCUT2D eigenvalue weighted by Gasteiger charge is -2.20. The number of ether oxygens (including phenoxy) is 2. The van der Waals surface area contributed by atoms with Gasteiger partial charge in [0, 0.05) is 12.8 Å². The van der Waals surface area contributed by atoms with Gasteiger partial charge in [-0.2, -0.15) is 0 Å². The van der Waals surface area contributed by atoms with Gasteiger partial charge in [-0.25, -0.2) is 4.57 Å². The number of allylic oxidation sites excluding steroid dienone is 10. The van der Waals surface area contributed by atoms with Crippen molar-refractivity contribution in [3.05, 3.63) is 60.8 Å². The smallest absolute Gasteiger partial charge is 0.457 e. The van der Waals surface area contributed by atoms with Crippen molar-refractivity contribution in [2.75, 3.05) is 26.4 Å². The van der Waals surface area contributed by atoms with Crippen LogP contribution in [0.25, 0.3) is 0 Å². The lowest BCUT2D eigenvalue weighted by atomic mass is 10.1. The minimum absolute atomic E-state index is 0.0685. The standard InChI is InChI=1S/C43H75O10P/c1-3-5-7-9-11-13-15-17-18-19-20-21-23-25-27-29-31-33-35-43(47)53-41(37-45)39-51-54(48,49)50-38-40(36-44)52-42(46)34-32-30-28-26-24-22-16-14-12-10-8-6-4-2/h6,8,12,14,18-19,22,24,28,30,40-41,44-45H,3-5,7,9-11,13,15-17,20-21,23,25-27,29,31-39H2,1-2H3,(H,48,49)/b8-6-,14-12-,19-18-,24-22-,30-28-. The summed E-state index contributed by atoms with van der Waals surface area (Å²) in [6.45, 7) is 1.99. The summed E-state index contributed by atoms with van der Waals surface area (Å²) in [7, 11) is -4.65. The summed E-state index contributed by atoms with van der Waals surface area (Å²) in [6, 6.07) is 0. The topological polar surface area (TPSA) is 149 Å². The van der Waals surface area contributed by atoms with Crippen molar-refractivity contribution in [1.82, 2.24) is 0 Å². The Bertz CT molecular complexity index is 1080. The van der Waals surface area contributed by atoms with E-state index in [1.54, 1.807) is 0 Å². The molecule has 11 heteroatoms. The number of rotatable bonds is 38. The molecule has 0 saturated heterocycles. The molecule has 0 spiro atoms. The number of phosphoric acid groups is 1. The molecular weight excluding hydrogens is 707 g/mol. The zero-order valence-electron chi connectivity index (χ0n) is 33.7. The van der Waals surface area contributed by atoms with Crippen LogP contribution in [0.5, 0.6) is 0 Å². The largest absolute Gasteiger partial charge is 0.472 e. The Labute approximate surface area is 327 Å². The van der Waals surface area contributed by atoms with Crippen LogP contribution in [0, 0.1) is 0 Å². The summed E-state index contributed by atoms with van der Waals surface area (Å²) in [5, 5.41) is 19.1. The number of hydrogen-bond donors (Lipinski definition) is 3. The van der Waals surface area contributed by atoms with Gasteiger partial charge in [0.15, 0.2) is 0 Å². The molecule has 0 aliphatic heterocycles. The number of hydrogen-bond acceptors (Lipinski definition) is 9. The second kappa shape index (κ2) is 38.9. The predicted octanol–water partition coefficient (Wildman–Crippen LogP) is 10.7. The van der Waals surface area contributed by atoms with Crippen molar-refractivity contribution in [2.24, 2.45) is 0 Å². The van der Waals surface area contributed by atoms with Crippen molar-refractivity contribution in [3.63, 3.8) is 0 Å². The summed E-state index contributed by atoms with van der Waals surface area (Å²) in [4.78, 5) is 34.4. The SMILES string of the molecule is CC/C=C\C/C=C\C/C=C\C/C=C\CCC(=O)OC(CO)COP(=O)(O)OCC(CO)OC(=O)CCCCCCCCC/C=C\CCCCCCCCC. The summed E-state index contributed by atoms with van der Waals surface area (Å²) < 4.78 is 32.4. The molecule has 312 valence electrons. The Balaban J connectivity index is 4.01. The zero-order valence-corrected chi connectivity index (χ0v) is 34.6. The normalized spacial score (nSPS) is 14.5. The quantitative estimate of drug-likeness (QED) is 0.0239. The van der Waals surface area contributed by atoms with E-state index in [9.17, 15) is 29.3 Å². The van der Waals surface area contributed by atoms with Crippen molar-refractivity contribution in [2.45, 2.75) is 174 Å². The van der Waals surface area contributed by atoms with Gasteiger partial charge in [-0.1, -0.05) is 145 Å². The van der Waals surface area contributed by atoms with Crippen LogP contribution in [0.15, 0.2) is 60.8 Å². The highest BCUT2D eigenvalue weighted by atomic mass is 31.2. The van der Waals surface area contributed by atoms with E-state index in [1.807, 2.05) is 18.2 Å². The van der Waals surface area contributed by atoms with Gasteiger partial charge in [0.2, 0.25) is 0 Å². The highest BCUT2D eigenvalue weighted by Gasteiger charge is 2.27. The highest BCUT2D eigenvalue weighted by molar-refractivity contribution is 7.47. The number of aliphatic hydroxyl groups is 2. The Morgan fingerprint density at radius 3 is 1.37 bits per heavy atom. The first kappa shape index (κ1) is 51.7. The zero-order chi connectivity index (χ0) is 39.8. The Kier molecular flexibility index (Phi) is 37.2. The molecule has 0 fully saturated rings. The van der Waals surface area contributed by atoms with Gasteiger partial charge in [-0.05, 0) is 64.2 Å². The second-order valence-electron chi connectivity index (χ2n) is 13.6. The van der Waals surface area contributed by atoms with Crippen LogP contribution >= 0.6 is 7.82 Å². The number of carbonyl (C=O) groups is 2. The van der Waals surface area contributed by atoms with Crippen LogP contribution in [0.1, 0.15) is 162 Å². The maximum Gasteiger partial charge on any atom is 0.472 e. The third kappa shape index (κ3) is 36.6. The van der Waals surface area contributed by atoms with E-state index < -0.39 is 58.4 Å². The van der Waals surface area contributed by atoms with Crippen LogP contribution in [0.3, 0.4) is 0 Å². The summed E-state index contributed by atoms with van der Waals surface area (Å²) in [5.74, 6) is -1.11. The van der Waals surface area contributed by atoms with Crippen molar-refractivity contribution >= 4 is 19.8 Å². The molecule has 10 nitrogen and oxygen atoms in total. The number of esters is 2. The number of aliphatic hydroxyl groups excluding tert-OH is 2. The molecule has 0 aromatic heterocycles. The van der Waals surface area contributed by atoms with Crippen LogP contribution in [-0.4, -0.2) is 65.7 Å². The van der Waals surface area contributed by atoms with Crippen LogP contribution in [-0.2, 0) is 32.7 Å². The Morgan fingerprint density at radius 1 is 0.519 bits per heavy atom. The first-order chi connectivity index (χ1) is 26.3. The van der Waals surface area contributed by atoms with E-state index in [0.29, 0.717) is 12.8 Å². The molecule has 0 saturated carbocycles. The highest BCUT2D eigenvalue weighted by Crippen LogP contribution is 2.43. The molecule has 0 aliphatic carbocycles. The predicted molar refractivity (Wildman–Crippen MR) is 219 cm³/mol. The monoisotopic (exact) mass is 783 g/mol. The third-order valence-corrected chi connectivity index (χ3v) is 9.43. The van der Waals surface area contributed by atoms with Gasteiger partial charge in [0.05, 0.1) is 26.4 Å². The third-order valence-electron chi connectivity index (χ3n) is 8.48. The van der Waals surface area contributed by atoms with E-state index >= 15 is 0 Å². The molecule has 0 heterocycles. The number of unbranched alkanes of at least 4 members (excludes halogenated alkanes) is 14. The molecule has 0 aliphatic rings. The average molecular weight is 783 g/mol. The number of phosphoric ester groups is 1. The van der Waals surface area contributed by atoms with Crippen LogP contribution < -0.4 is 0 Å². The van der Waals surface area contributed by atoms with Crippen LogP contribution in [0.2, 0.25) is 0 Å². The van der Waals surface area contributed by atoms with Gasteiger partial charge in [-0.15, -0.1) is 0 Å². The molecule has 3 unspecified atom stereocenters. The molecule has 0 amide bonds. The number of carbonyl (C=O) groups excluding carboxylic acids is 2. The lowest BCUT2D eigenvalue weighted by molar-refractivity contribution is -0.153. The molecule has 3 atom stereocenters. The molecule has 0 rings (SSSR count). The van der Waals surface area contributed by atoms with E-state index in [2.05, 4.69) is 56.4 Å². The van der Waals surface area contributed by atoms with Crippen molar-refractivity contribution in [1.29, 1.82) is 0 Å². The Hall–Kier alpha value is -2.33. The van der Waals surface area contributed by atoms with E-state index in [-0.39, 0.29) is 12.8 Å². The van der Waals surface area contributed by atoms with Gasteiger partial charge >= 0.3 is 19.8 Å². The van der Waals surface area contributed by atoms with E-state index in [4.69, 9.17) is 18.5 Å². The van der Waals surface area contributed by atoms with Gasteiger partial charge in [0.25, 0.3) is 0 Å². The minimum Gasteiger partial charge on any atom is -0.457 e. The lowest BCUT2D eigenvalue weighted by Crippen LogP contribution is -2.28. The maximum absolute atomic E-state index is 12.3. The first-order valence-corrected chi connectivity index (χ1v) is 22.2. The molecule has 0 radical (unpaired) electrons.